The van der Waals surface area contributed by atoms with Crippen molar-refractivity contribution >= 4 is 5.97 Å². The second-order valence-corrected chi connectivity index (χ2v) is 2.30. The van der Waals surface area contributed by atoms with Crippen molar-refractivity contribution in [2.45, 2.75) is 33.1 Å². The van der Waals surface area contributed by atoms with Gasteiger partial charge in [0.25, 0.3) is 0 Å². The molecule has 0 aromatic rings. The number of hydrogen-bond donors (Lipinski definition) is 0. The first-order valence-electron chi connectivity index (χ1n) is 4.11. The standard InChI is InChI=1S/C9H16O2/c1-3-5-6-7-8-11-9(10)4-2/h6-7H,3-5,8H2,1-2H3/b7-6-. The van der Waals surface area contributed by atoms with Crippen LogP contribution in [0.3, 0.4) is 0 Å². The van der Waals surface area contributed by atoms with Crippen LogP contribution in [0.4, 0.5) is 0 Å². The Hall–Kier alpha value is -0.790. The van der Waals surface area contributed by atoms with Crippen LogP contribution >= 0.6 is 0 Å². The monoisotopic (exact) mass is 156 g/mol. The van der Waals surface area contributed by atoms with E-state index in [0.717, 1.165) is 12.8 Å². The summed E-state index contributed by atoms with van der Waals surface area (Å²) in [6.45, 7) is 4.33. The van der Waals surface area contributed by atoms with Crippen LogP contribution in [0.15, 0.2) is 12.2 Å². The van der Waals surface area contributed by atoms with Gasteiger partial charge >= 0.3 is 5.97 Å². The highest BCUT2D eigenvalue weighted by Gasteiger charge is 1.92. The quantitative estimate of drug-likeness (QED) is 0.451. The summed E-state index contributed by atoms with van der Waals surface area (Å²) in [7, 11) is 0. The Morgan fingerprint density at radius 1 is 1.36 bits per heavy atom. The molecule has 0 saturated carbocycles. The number of unbranched alkanes of at least 4 members (excludes halogenated alkanes) is 1. The van der Waals surface area contributed by atoms with Gasteiger partial charge in [0.05, 0.1) is 0 Å². The molecule has 0 spiro atoms. The zero-order valence-corrected chi connectivity index (χ0v) is 7.30. The van der Waals surface area contributed by atoms with E-state index in [2.05, 4.69) is 6.92 Å². The number of esters is 1. The molecular weight excluding hydrogens is 140 g/mol. The van der Waals surface area contributed by atoms with Crippen molar-refractivity contribution in [3.05, 3.63) is 12.2 Å². The average Bonchev–Trinajstić information content (AvgIpc) is 2.04. The number of ether oxygens (including phenoxy) is 1. The highest BCUT2D eigenvalue weighted by atomic mass is 16.5. The Balaban J connectivity index is 3.19. The van der Waals surface area contributed by atoms with Crippen LogP contribution in [0.1, 0.15) is 33.1 Å². The summed E-state index contributed by atoms with van der Waals surface area (Å²) in [5, 5.41) is 0. The van der Waals surface area contributed by atoms with Gasteiger partial charge in [-0.3, -0.25) is 4.79 Å². The van der Waals surface area contributed by atoms with Crippen LogP contribution in [-0.4, -0.2) is 12.6 Å². The predicted octanol–water partition coefficient (Wildman–Crippen LogP) is 2.30. The third-order valence-corrected chi connectivity index (χ3v) is 1.25. The molecule has 0 aromatic heterocycles. The highest BCUT2D eigenvalue weighted by Crippen LogP contribution is 1.89. The summed E-state index contributed by atoms with van der Waals surface area (Å²) in [4.78, 5) is 10.6. The lowest BCUT2D eigenvalue weighted by Gasteiger charge is -1.96. The number of hydrogen-bond acceptors (Lipinski definition) is 2. The van der Waals surface area contributed by atoms with E-state index >= 15 is 0 Å². The minimum Gasteiger partial charge on any atom is -0.461 e. The minimum atomic E-state index is -0.133. The molecule has 0 unspecified atom stereocenters. The smallest absolute Gasteiger partial charge is 0.305 e. The lowest BCUT2D eigenvalue weighted by atomic mass is 10.3. The third kappa shape index (κ3) is 7.10. The molecule has 2 nitrogen and oxygen atoms in total. The molecule has 0 fully saturated rings. The number of carbonyl (C=O) groups is 1. The fourth-order valence-corrected chi connectivity index (χ4v) is 0.596. The van der Waals surface area contributed by atoms with Crippen LogP contribution in [-0.2, 0) is 9.53 Å². The van der Waals surface area contributed by atoms with Gasteiger partial charge in [0.2, 0.25) is 0 Å². The second-order valence-electron chi connectivity index (χ2n) is 2.30. The zero-order chi connectivity index (χ0) is 8.53. The Morgan fingerprint density at radius 2 is 2.09 bits per heavy atom. The van der Waals surface area contributed by atoms with Gasteiger partial charge in [-0.1, -0.05) is 32.4 Å². The van der Waals surface area contributed by atoms with E-state index in [1.165, 1.54) is 0 Å². The van der Waals surface area contributed by atoms with Crippen LogP contribution in [0.2, 0.25) is 0 Å². The number of carbonyl (C=O) groups excluding carboxylic acids is 1. The van der Waals surface area contributed by atoms with E-state index < -0.39 is 0 Å². The Bertz CT molecular complexity index is 128. The molecule has 0 amide bonds. The van der Waals surface area contributed by atoms with E-state index in [-0.39, 0.29) is 5.97 Å². The molecule has 0 atom stereocenters. The minimum absolute atomic E-state index is 0.133. The normalized spacial score (nSPS) is 10.4. The van der Waals surface area contributed by atoms with Gasteiger partial charge in [0.1, 0.15) is 6.61 Å². The first-order chi connectivity index (χ1) is 5.31. The van der Waals surface area contributed by atoms with E-state index in [1.807, 2.05) is 12.2 Å². The highest BCUT2D eigenvalue weighted by molar-refractivity contribution is 5.68. The average molecular weight is 156 g/mol. The summed E-state index contributed by atoms with van der Waals surface area (Å²) in [6, 6.07) is 0. The molecular formula is C9H16O2. The van der Waals surface area contributed by atoms with Crippen LogP contribution in [0.5, 0.6) is 0 Å². The second kappa shape index (κ2) is 7.32. The molecule has 0 bridgehead atoms. The first kappa shape index (κ1) is 10.2. The summed E-state index contributed by atoms with van der Waals surface area (Å²) < 4.78 is 4.81. The van der Waals surface area contributed by atoms with Crippen molar-refractivity contribution in [3.8, 4) is 0 Å². The van der Waals surface area contributed by atoms with E-state index in [0.29, 0.717) is 13.0 Å². The molecule has 0 aliphatic heterocycles. The van der Waals surface area contributed by atoms with E-state index in [9.17, 15) is 4.79 Å². The number of rotatable bonds is 5. The van der Waals surface area contributed by atoms with Crippen molar-refractivity contribution in [1.29, 1.82) is 0 Å². The molecule has 0 N–H and O–H groups in total. The van der Waals surface area contributed by atoms with Crippen molar-refractivity contribution in [3.63, 3.8) is 0 Å². The van der Waals surface area contributed by atoms with Gasteiger partial charge in [0.15, 0.2) is 0 Å². The molecule has 0 aromatic carbocycles. The SMILES string of the molecule is CCC/C=C\COC(=O)CC. The van der Waals surface area contributed by atoms with E-state index in [1.54, 1.807) is 6.92 Å². The summed E-state index contributed by atoms with van der Waals surface area (Å²) in [5.74, 6) is -0.133. The van der Waals surface area contributed by atoms with Gasteiger partial charge < -0.3 is 4.74 Å². The van der Waals surface area contributed by atoms with Gasteiger partial charge in [-0.15, -0.1) is 0 Å². The maximum Gasteiger partial charge on any atom is 0.305 e. The summed E-state index contributed by atoms with van der Waals surface area (Å²) >= 11 is 0. The maximum atomic E-state index is 10.6. The Kier molecular flexibility index (Phi) is 6.79. The van der Waals surface area contributed by atoms with E-state index in [4.69, 9.17) is 4.74 Å². The zero-order valence-electron chi connectivity index (χ0n) is 7.30. The molecule has 11 heavy (non-hydrogen) atoms. The largest absolute Gasteiger partial charge is 0.461 e. The third-order valence-electron chi connectivity index (χ3n) is 1.25. The first-order valence-corrected chi connectivity index (χ1v) is 4.11. The summed E-state index contributed by atoms with van der Waals surface area (Å²) in [6.07, 6.45) is 6.57. The van der Waals surface area contributed by atoms with Gasteiger partial charge in [-0.2, -0.15) is 0 Å². The molecule has 0 radical (unpaired) electrons. The van der Waals surface area contributed by atoms with Crippen LogP contribution in [0, 0.1) is 0 Å². The Labute approximate surface area is 68.2 Å². The fourth-order valence-electron chi connectivity index (χ4n) is 0.596. The lowest BCUT2D eigenvalue weighted by molar-refractivity contribution is -0.141. The topological polar surface area (TPSA) is 26.3 Å². The maximum absolute atomic E-state index is 10.6. The molecule has 0 rings (SSSR count). The lowest BCUT2D eigenvalue weighted by Crippen LogP contribution is -2.01. The molecule has 0 aliphatic carbocycles. The van der Waals surface area contributed by atoms with Crippen LogP contribution < -0.4 is 0 Å². The molecule has 0 heterocycles. The van der Waals surface area contributed by atoms with Crippen molar-refractivity contribution in [1.82, 2.24) is 0 Å². The van der Waals surface area contributed by atoms with Gasteiger partial charge in [-0.25, -0.2) is 0 Å². The molecule has 0 aliphatic rings. The van der Waals surface area contributed by atoms with Crippen molar-refractivity contribution < 1.29 is 9.53 Å². The van der Waals surface area contributed by atoms with Gasteiger partial charge in [-0.05, 0) is 6.42 Å². The predicted molar refractivity (Wildman–Crippen MR) is 45.3 cm³/mol. The number of allylic oxidation sites excluding steroid dienone is 1. The molecule has 0 saturated heterocycles. The van der Waals surface area contributed by atoms with Gasteiger partial charge in [0, 0.05) is 6.42 Å². The molecule has 2 heteroatoms. The Morgan fingerprint density at radius 3 is 2.64 bits per heavy atom. The summed E-state index contributed by atoms with van der Waals surface area (Å²) in [5.41, 5.74) is 0. The fraction of sp³-hybridized carbons (Fsp3) is 0.667. The van der Waals surface area contributed by atoms with Crippen molar-refractivity contribution in [2.24, 2.45) is 0 Å². The molecule has 64 valence electrons. The van der Waals surface area contributed by atoms with Crippen LogP contribution in [0.25, 0.3) is 0 Å². The van der Waals surface area contributed by atoms with Crippen molar-refractivity contribution in [2.75, 3.05) is 6.61 Å².